The van der Waals surface area contributed by atoms with Crippen molar-refractivity contribution in [2.24, 2.45) is 5.41 Å². The van der Waals surface area contributed by atoms with Crippen molar-refractivity contribution >= 4 is 6.09 Å². The van der Waals surface area contributed by atoms with Gasteiger partial charge in [0, 0.05) is 19.1 Å². The molecule has 88 valence electrons. The quantitative estimate of drug-likeness (QED) is 0.762. The first-order chi connectivity index (χ1) is 7.22. The first-order valence-corrected chi connectivity index (χ1v) is 5.65. The molecule has 0 atom stereocenters. The molecule has 1 fully saturated rings. The molecule has 4 heteroatoms. The molecule has 1 aliphatic carbocycles. The van der Waals surface area contributed by atoms with Crippen LogP contribution in [0, 0.1) is 5.41 Å². The number of amides is 1. The van der Waals surface area contributed by atoms with Crippen LogP contribution in [0.1, 0.15) is 32.6 Å². The highest BCUT2D eigenvalue weighted by atomic mass is 16.6. The fraction of sp³-hybridized carbons (Fsp3) is 0.909. The minimum atomic E-state index is -0.349. The average molecular weight is 215 g/mol. The Hall–Kier alpha value is -0.770. The maximum atomic E-state index is 11.0. The number of carbonyl (C=O) groups is 1. The minimum absolute atomic E-state index is 0.0719. The molecule has 1 aliphatic rings. The summed E-state index contributed by atoms with van der Waals surface area (Å²) < 4.78 is 10.6. The summed E-state index contributed by atoms with van der Waals surface area (Å²) in [5.74, 6) is 0. The third kappa shape index (κ3) is 3.70. The maximum absolute atomic E-state index is 11.0. The Balaban J connectivity index is 2.38. The summed E-state index contributed by atoms with van der Waals surface area (Å²) in [6.45, 7) is 3.90. The number of rotatable bonds is 5. The van der Waals surface area contributed by atoms with Crippen LogP contribution in [0.2, 0.25) is 0 Å². The highest BCUT2D eigenvalue weighted by Crippen LogP contribution is 2.38. The predicted octanol–water partition coefficient (Wildman–Crippen LogP) is 1.94. The lowest BCUT2D eigenvalue weighted by Crippen LogP contribution is -2.32. The number of hydrogen-bond acceptors (Lipinski definition) is 3. The average Bonchev–Trinajstić information content (AvgIpc) is 2.72. The molecular formula is C11H21NO3. The van der Waals surface area contributed by atoms with Gasteiger partial charge in [0.25, 0.3) is 0 Å². The molecule has 0 radical (unpaired) electrons. The zero-order valence-electron chi connectivity index (χ0n) is 9.67. The Bertz CT molecular complexity index is 200. The topological polar surface area (TPSA) is 47.6 Å². The van der Waals surface area contributed by atoms with Gasteiger partial charge >= 0.3 is 6.09 Å². The van der Waals surface area contributed by atoms with Crippen molar-refractivity contribution in [3.8, 4) is 0 Å². The molecule has 0 aromatic carbocycles. The van der Waals surface area contributed by atoms with Gasteiger partial charge in [-0.05, 0) is 19.8 Å². The summed E-state index contributed by atoms with van der Waals surface area (Å²) in [6, 6.07) is 0. The molecule has 0 heterocycles. The molecule has 0 spiro atoms. The SMILES string of the molecule is CCOCC1(COC(=O)NC)CCCC1. The van der Waals surface area contributed by atoms with E-state index in [9.17, 15) is 4.79 Å². The molecule has 1 N–H and O–H groups in total. The van der Waals surface area contributed by atoms with Crippen molar-refractivity contribution in [1.82, 2.24) is 5.32 Å². The summed E-state index contributed by atoms with van der Waals surface area (Å²) in [5, 5.41) is 2.46. The molecule has 0 aromatic heterocycles. The van der Waals surface area contributed by atoms with Crippen LogP contribution in [-0.4, -0.2) is 33.0 Å². The second-order valence-corrected chi connectivity index (χ2v) is 4.17. The molecule has 0 unspecified atom stereocenters. The van der Waals surface area contributed by atoms with Crippen LogP contribution in [0.25, 0.3) is 0 Å². The van der Waals surface area contributed by atoms with Gasteiger partial charge in [0.2, 0.25) is 0 Å². The van der Waals surface area contributed by atoms with Crippen molar-refractivity contribution in [3.63, 3.8) is 0 Å². The first-order valence-electron chi connectivity index (χ1n) is 5.65. The van der Waals surface area contributed by atoms with Gasteiger partial charge in [0.1, 0.15) is 6.61 Å². The molecule has 0 bridgehead atoms. The maximum Gasteiger partial charge on any atom is 0.406 e. The molecule has 0 aromatic rings. The van der Waals surface area contributed by atoms with Crippen LogP contribution in [0.3, 0.4) is 0 Å². The third-order valence-electron chi connectivity index (χ3n) is 2.99. The van der Waals surface area contributed by atoms with Crippen LogP contribution in [0.15, 0.2) is 0 Å². The molecule has 0 aliphatic heterocycles. The minimum Gasteiger partial charge on any atom is -0.449 e. The monoisotopic (exact) mass is 215 g/mol. The Kier molecular flexibility index (Phi) is 4.88. The van der Waals surface area contributed by atoms with E-state index in [1.165, 1.54) is 12.8 Å². The summed E-state index contributed by atoms with van der Waals surface area (Å²) in [4.78, 5) is 11.0. The van der Waals surface area contributed by atoms with E-state index < -0.39 is 0 Å². The largest absolute Gasteiger partial charge is 0.449 e. The summed E-state index contributed by atoms with van der Waals surface area (Å²) >= 11 is 0. The fourth-order valence-corrected chi connectivity index (χ4v) is 2.06. The van der Waals surface area contributed by atoms with Crippen molar-refractivity contribution in [3.05, 3.63) is 0 Å². The third-order valence-corrected chi connectivity index (χ3v) is 2.99. The van der Waals surface area contributed by atoms with E-state index >= 15 is 0 Å². The Morgan fingerprint density at radius 3 is 2.53 bits per heavy atom. The van der Waals surface area contributed by atoms with Gasteiger partial charge in [-0.25, -0.2) is 4.79 Å². The van der Waals surface area contributed by atoms with Crippen LogP contribution in [0.5, 0.6) is 0 Å². The second kappa shape index (κ2) is 5.95. The summed E-state index contributed by atoms with van der Waals surface area (Å²) in [5.41, 5.74) is 0.0719. The number of alkyl carbamates (subject to hydrolysis) is 1. The van der Waals surface area contributed by atoms with E-state index in [1.807, 2.05) is 6.92 Å². The first kappa shape index (κ1) is 12.3. The van der Waals surface area contributed by atoms with E-state index in [1.54, 1.807) is 7.05 Å². The summed E-state index contributed by atoms with van der Waals surface area (Å²) in [6.07, 6.45) is 4.28. The van der Waals surface area contributed by atoms with Gasteiger partial charge in [-0.1, -0.05) is 12.8 Å². The van der Waals surface area contributed by atoms with Crippen LogP contribution in [0.4, 0.5) is 4.79 Å². The van der Waals surface area contributed by atoms with Crippen molar-refractivity contribution in [2.45, 2.75) is 32.6 Å². The van der Waals surface area contributed by atoms with Crippen LogP contribution < -0.4 is 5.32 Å². The number of nitrogens with one attached hydrogen (secondary N) is 1. The van der Waals surface area contributed by atoms with Crippen molar-refractivity contribution in [2.75, 3.05) is 26.9 Å². The van der Waals surface area contributed by atoms with Gasteiger partial charge < -0.3 is 14.8 Å². The highest BCUT2D eigenvalue weighted by Gasteiger charge is 2.35. The zero-order chi connectivity index (χ0) is 11.1. The predicted molar refractivity (Wildman–Crippen MR) is 57.8 cm³/mol. The van der Waals surface area contributed by atoms with Gasteiger partial charge in [0.15, 0.2) is 0 Å². The lowest BCUT2D eigenvalue weighted by molar-refractivity contribution is 0.00732. The normalized spacial score (nSPS) is 18.8. The molecule has 1 saturated carbocycles. The van der Waals surface area contributed by atoms with E-state index in [2.05, 4.69) is 5.32 Å². The molecule has 15 heavy (non-hydrogen) atoms. The fourth-order valence-electron chi connectivity index (χ4n) is 2.06. The Morgan fingerprint density at radius 1 is 1.33 bits per heavy atom. The standard InChI is InChI=1S/C11H21NO3/c1-3-14-8-11(6-4-5-7-11)9-15-10(13)12-2/h3-9H2,1-2H3,(H,12,13). The van der Waals surface area contributed by atoms with Gasteiger partial charge in [-0.3, -0.25) is 0 Å². The van der Waals surface area contributed by atoms with E-state index in [4.69, 9.17) is 9.47 Å². The number of ether oxygens (including phenoxy) is 2. The van der Waals surface area contributed by atoms with Crippen molar-refractivity contribution in [1.29, 1.82) is 0 Å². The lowest BCUT2D eigenvalue weighted by atomic mass is 9.88. The molecule has 1 rings (SSSR count). The van der Waals surface area contributed by atoms with Crippen LogP contribution >= 0.6 is 0 Å². The van der Waals surface area contributed by atoms with Gasteiger partial charge in [0.05, 0.1) is 6.61 Å². The Labute approximate surface area is 91.3 Å². The van der Waals surface area contributed by atoms with E-state index in [0.29, 0.717) is 13.2 Å². The smallest absolute Gasteiger partial charge is 0.406 e. The van der Waals surface area contributed by atoms with E-state index in [0.717, 1.165) is 19.4 Å². The van der Waals surface area contributed by atoms with E-state index in [-0.39, 0.29) is 11.5 Å². The van der Waals surface area contributed by atoms with Gasteiger partial charge in [-0.2, -0.15) is 0 Å². The zero-order valence-corrected chi connectivity index (χ0v) is 9.67. The van der Waals surface area contributed by atoms with Crippen molar-refractivity contribution < 1.29 is 14.3 Å². The second-order valence-electron chi connectivity index (χ2n) is 4.17. The highest BCUT2D eigenvalue weighted by molar-refractivity contribution is 5.66. The molecule has 4 nitrogen and oxygen atoms in total. The summed E-state index contributed by atoms with van der Waals surface area (Å²) in [7, 11) is 1.58. The lowest BCUT2D eigenvalue weighted by Gasteiger charge is -2.27. The number of carbonyl (C=O) groups excluding carboxylic acids is 1. The number of hydrogen-bond donors (Lipinski definition) is 1. The molecular weight excluding hydrogens is 194 g/mol. The van der Waals surface area contributed by atoms with Gasteiger partial charge in [-0.15, -0.1) is 0 Å². The van der Waals surface area contributed by atoms with Crippen LogP contribution in [-0.2, 0) is 9.47 Å². The molecule has 1 amide bonds. The Morgan fingerprint density at radius 2 is 2.00 bits per heavy atom. The molecule has 0 saturated heterocycles.